The third-order valence-electron chi connectivity index (χ3n) is 3.41. The normalized spacial score (nSPS) is 19.8. The minimum absolute atomic E-state index is 0.0861. The molecule has 1 aromatic heterocycles. The molecule has 1 saturated heterocycles. The van der Waals surface area contributed by atoms with Crippen molar-refractivity contribution < 1.29 is 19.1 Å². The van der Waals surface area contributed by atoms with Crippen LogP contribution in [0, 0.1) is 11.8 Å². The molecule has 5 nitrogen and oxygen atoms in total. The summed E-state index contributed by atoms with van der Waals surface area (Å²) in [6, 6.07) is 3.03. The van der Waals surface area contributed by atoms with E-state index in [0.717, 1.165) is 6.54 Å². The van der Waals surface area contributed by atoms with Crippen molar-refractivity contribution in [2.75, 3.05) is 6.54 Å². The van der Waals surface area contributed by atoms with Gasteiger partial charge in [-0.1, -0.05) is 13.8 Å². The Balaban J connectivity index is 2.01. The zero-order valence-corrected chi connectivity index (χ0v) is 10.5. The fourth-order valence-corrected chi connectivity index (χ4v) is 2.17. The summed E-state index contributed by atoms with van der Waals surface area (Å²) >= 11 is 0. The van der Waals surface area contributed by atoms with Gasteiger partial charge in [0.2, 0.25) is 11.7 Å². The van der Waals surface area contributed by atoms with Gasteiger partial charge in [-0.15, -0.1) is 0 Å². The van der Waals surface area contributed by atoms with Crippen LogP contribution in [-0.4, -0.2) is 28.4 Å². The van der Waals surface area contributed by atoms with Gasteiger partial charge in [0.05, 0.1) is 6.54 Å². The van der Waals surface area contributed by atoms with Crippen LogP contribution in [0.5, 0.6) is 0 Å². The summed E-state index contributed by atoms with van der Waals surface area (Å²) in [4.78, 5) is 24.2. The molecule has 1 atom stereocenters. The van der Waals surface area contributed by atoms with E-state index in [1.54, 1.807) is 11.0 Å². The van der Waals surface area contributed by atoms with Crippen LogP contribution in [0.1, 0.15) is 36.6 Å². The first kappa shape index (κ1) is 12.7. The SMILES string of the molecule is CC(C)C1CC(=O)N(Cc2ccc(C(=O)O)o2)C1. The second kappa shape index (κ2) is 4.84. The molecular formula is C13H17NO4. The molecule has 1 fully saturated rings. The lowest BCUT2D eigenvalue weighted by Gasteiger charge is -2.16. The molecule has 1 N–H and O–H groups in total. The average Bonchev–Trinajstić information content (AvgIpc) is 2.87. The van der Waals surface area contributed by atoms with Gasteiger partial charge in [-0.05, 0) is 24.0 Å². The number of carboxylic acid groups (broad SMARTS) is 1. The smallest absolute Gasteiger partial charge is 0.371 e. The molecule has 1 unspecified atom stereocenters. The molecular weight excluding hydrogens is 234 g/mol. The van der Waals surface area contributed by atoms with Gasteiger partial charge < -0.3 is 14.4 Å². The number of aromatic carboxylic acids is 1. The Kier molecular flexibility index (Phi) is 3.41. The van der Waals surface area contributed by atoms with Gasteiger partial charge in [-0.3, -0.25) is 4.79 Å². The molecule has 0 saturated carbocycles. The van der Waals surface area contributed by atoms with Crippen molar-refractivity contribution in [2.24, 2.45) is 11.8 Å². The topological polar surface area (TPSA) is 70.8 Å². The summed E-state index contributed by atoms with van der Waals surface area (Å²) in [7, 11) is 0. The highest BCUT2D eigenvalue weighted by atomic mass is 16.4. The summed E-state index contributed by atoms with van der Waals surface area (Å²) in [6.07, 6.45) is 0.574. The summed E-state index contributed by atoms with van der Waals surface area (Å²) in [5.74, 6) is 0.315. The van der Waals surface area contributed by atoms with Crippen LogP contribution in [0.3, 0.4) is 0 Å². The zero-order valence-electron chi connectivity index (χ0n) is 10.5. The van der Waals surface area contributed by atoms with E-state index in [9.17, 15) is 9.59 Å². The van der Waals surface area contributed by atoms with Crippen LogP contribution in [0.4, 0.5) is 0 Å². The Morgan fingerprint density at radius 2 is 2.28 bits per heavy atom. The maximum Gasteiger partial charge on any atom is 0.371 e. The number of rotatable bonds is 4. The van der Waals surface area contributed by atoms with Gasteiger partial charge in [-0.2, -0.15) is 0 Å². The molecule has 5 heteroatoms. The van der Waals surface area contributed by atoms with E-state index in [1.165, 1.54) is 6.07 Å². The molecule has 18 heavy (non-hydrogen) atoms. The lowest BCUT2D eigenvalue weighted by Crippen LogP contribution is -2.24. The van der Waals surface area contributed by atoms with Crippen LogP contribution < -0.4 is 0 Å². The van der Waals surface area contributed by atoms with Crippen LogP contribution in [-0.2, 0) is 11.3 Å². The minimum Gasteiger partial charge on any atom is -0.475 e. The Hall–Kier alpha value is -1.78. The number of hydrogen-bond acceptors (Lipinski definition) is 3. The number of likely N-dealkylation sites (tertiary alicyclic amines) is 1. The van der Waals surface area contributed by atoms with Crippen LogP contribution in [0.25, 0.3) is 0 Å². The van der Waals surface area contributed by atoms with Crippen LogP contribution >= 0.6 is 0 Å². The van der Waals surface area contributed by atoms with Crippen molar-refractivity contribution in [1.82, 2.24) is 4.90 Å². The predicted molar refractivity (Wildman–Crippen MR) is 64.0 cm³/mol. The molecule has 0 aliphatic carbocycles. The van der Waals surface area contributed by atoms with Crippen molar-refractivity contribution in [3.05, 3.63) is 23.7 Å². The van der Waals surface area contributed by atoms with Crippen LogP contribution in [0.2, 0.25) is 0 Å². The number of carboxylic acids is 1. The van der Waals surface area contributed by atoms with Crippen molar-refractivity contribution in [2.45, 2.75) is 26.8 Å². The fourth-order valence-electron chi connectivity index (χ4n) is 2.17. The first-order valence-electron chi connectivity index (χ1n) is 6.07. The minimum atomic E-state index is -1.09. The quantitative estimate of drug-likeness (QED) is 0.888. The third kappa shape index (κ3) is 2.55. The summed E-state index contributed by atoms with van der Waals surface area (Å²) < 4.78 is 5.16. The number of nitrogens with zero attached hydrogens (tertiary/aromatic N) is 1. The Bertz CT molecular complexity index is 463. The first-order chi connectivity index (χ1) is 8.47. The fraction of sp³-hybridized carbons (Fsp3) is 0.538. The van der Waals surface area contributed by atoms with E-state index >= 15 is 0 Å². The molecule has 0 bridgehead atoms. The lowest BCUT2D eigenvalue weighted by atomic mass is 9.95. The van der Waals surface area contributed by atoms with Gasteiger partial charge in [0.25, 0.3) is 0 Å². The number of hydrogen-bond donors (Lipinski definition) is 1. The highest BCUT2D eigenvalue weighted by Gasteiger charge is 2.31. The van der Waals surface area contributed by atoms with Gasteiger partial charge >= 0.3 is 5.97 Å². The third-order valence-corrected chi connectivity index (χ3v) is 3.41. The van der Waals surface area contributed by atoms with E-state index in [1.807, 2.05) is 0 Å². The van der Waals surface area contributed by atoms with E-state index in [0.29, 0.717) is 30.6 Å². The molecule has 0 aromatic carbocycles. The maximum atomic E-state index is 11.8. The number of carbonyl (C=O) groups is 2. The molecule has 2 heterocycles. The second-order valence-electron chi connectivity index (χ2n) is 5.05. The number of carbonyl (C=O) groups excluding carboxylic acids is 1. The first-order valence-corrected chi connectivity index (χ1v) is 6.07. The van der Waals surface area contributed by atoms with Gasteiger partial charge in [0, 0.05) is 13.0 Å². The van der Waals surface area contributed by atoms with Crippen LogP contribution in [0.15, 0.2) is 16.5 Å². The Labute approximate surface area is 105 Å². The molecule has 1 aromatic rings. The zero-order chi connectivity index (χ0) is 13.3. The van der Waals surface area contributed by atoms with Crippen molar-refractivity contribution in [1.29, 1.82) is 0 Å². The molecule has 1 aliphatic rings. The van der Waals surface area contributed by atoms with Gasteiger partial charge in [-0.25, -0.2) is 4.79 Å². The van der Waals surface area contributed by atoms with E-state index < -0.39 is 5.97 Å². The Morgan fingerprint density at radius 1 is 1.56 bits per heavy atom. The summed E-state index contributed by atoms with van der Waals surface area (Å²) in [6.45, 7) is 5.29. The standard InChI is InChI=1S/C13H17NO4/c1-8(2)9-5-12(15)14(6-9)7-10-3-4-11(18-10)13(16)17/h3-4,8-9H,5-7H2,1-2H3,(H,16,17). The predicted octanol–water partition coefficient (Wildman–Crippen LogP) is 1.98. The molecule has 98 valence electrons. The Morgan fingerprint density at radius 3 is 2.78 bits per heavy atom. The average molecular weight is 251 g/mol. The summed E-state index contributed by atoms with van der Waals surface area (Å²) in [5.41, 5.74) is 0. The van der Waals surface area contributed by atoms with Crippen molar-refractivity contribution in [3.8, 4) is 0 Å². The molecule has 1 aliphatic heterocycles. The monoisotopic (exact) mass is 251 g/mol. The van der Waals surface area contributed by atoms with E-state index in [4.69, 9.17) is 9.52 Å². The largest absolute Gasteiger partial charge is 0.475 e. The molecule has 0 radical (unpaired) electrons. The second-order valence-corrected chi connectivity index (χ2v) is 5.05. The summed E-state index contributed by atoms with van der Waals surface area (Å²) in [5, 5.41) is 8.75. The van der Waals surface area contributed by atoms with Gasteiger partial charge in [0.15, 0.2) is 0 Å². The van der Waals surface area contributed by atoms with E-state index in [2.05, 4.69) is 13.8 Å². The van der Waals surface area contributed by atoms with Crippen molar-refractivity contribution >= 4 is 11.9 Å². The molecule has 0 spiro atoms. The molecule has 2 rings (SSSR count). The van der Waals surface area contributed by atoms with Gasteiger partial charge in [0.1, 0.15) is 5.76 Å². The maximum absolute atomic E-state index is 11.8. The van der Waals surface area contributed by atoms with E-state index in [-0.39, 0.29) is 11.7 Å². The van der Waals surface area contributed by atoms with Crippen molar-refractivity contribution in [3.63, 3.8) is 0 Å². The highest BCUT2D eigenvalue weighted by molar-refractivity contribution is 5.84. The highest BCUT2D eigenvalue weighted by Crippen LogP contribution is 2.26. The molecule has 1 amide bonds. The lowest BCUT2D eigenvalue weighted by molar-refractivity contribution is -0.128. The number of amides is 1. The number of furan rings is 1.